The molecule has 42 nitrogen and oxygen atoms in total. The van der Waals surface area contributed by atoms with Gasteiger partial charge in [-0.05, 0) is 0 Å². The Kier molecular flexibility index (Phi) is 38.9. The predicted molar refractivity (Wildman–Crippen MR) is 386 cm³/mol. The fourth-order valence-corrected chi connectivity index (χ4v) is 19.7. The Morgan fingerprint density at radius 1 is 0.179 bits per heavy atom. The molecule has 0 radical (unpaired) electrons. The number of aliphatic hydroxyl groups is 14. The van der Waals surface area contributed by atoms with Crippen molar-refractivity contribution in [3.8, 4) is 0 Å². The van der Waals surface area contributed by atoms with Crippen molar-refractivity contribution < 1.29 is 207 Å². The second-order valence-corrected chi connectivity index (χ2v) is 35.0. The van der Waals surface area contributed by atoms with Crippen molar-refractivity contribution in [1.82, 2.24) is 0 Å². The summed E-state index contributed by atoms with van der Waals surface area (Å²) in [5.41, 5.74) is 0. The summed E-state index contributed by atoms with van der Waals surface area (Å²) in [6, 6.07) is 0. The van der Waals surface area contributed by atoms with Crippen LogP contribution in [0.5, 0.6) is 0 Å². The van der Waals surface area contributed by atoms with Crippen molar-refractivity contribution in [1.29, 1.82) is 0 Å². The number of carbonyl (C=O) groups is 7. The van der Waals surface area contributed by atoms with Crippen molar-refractivity contribution >= 4 is 124 Å². The van der Waals surface area contributed by atoms with Gasteiger partial charge < -0.3 is 174 Å². The summed E-state index contributed by atoms with van der Waals surface area (Å²) in [4.78, 5) is 81.9. The molecule has 0 spiro atoms. The minimum Gasteiger partial charge on any atom is -0.481 e. The Morgan fingerprint density at radius 3 is 0.384 bits per heavy atom. The molecule has 0 aromatic heterocycles. The first-order chi connectivity index (χ1) is 53.1. The first-order valence-electron chi connectivity index (χ1n) is 35.4. The zero-order valence-electron chi connectivity index (χ0n) is 59.4. The van der Waals surface area contributed by atoms with E-state index in [0.29, 0.717) is 0 Å². The number of hydrogen-bond donors (Lipinski definition) is 21. The lowest BCUT2D eigenvalue weighted by Gasteiger charge is -2.50. The van der Waals surface area contributed by atoms with Gasteiger partial charge in [0.2, 0.25) is 0 Å². The number of hydrogen-bond acceptors (Lipinski definition) is 42. The molecular weight excluding hydrogens is 1650 g/mol. The summed E-state index contributed by atoms with van der Waals surface area (Å²) >= 11 is 6.34. The third kappa shape index (κ3) is 26.6. The van der Waals surface area contributed by atoms with E-state index in [4.69, 9.17) is 66.3 Å². The van der Waals surface area contributed by atoms with E-state index in [1.54, 1.807) is 0 Å². The van der Waals surface area contributed by atoms with Crippen molar-refractivity contribution in [2.24, 2.45) is 0 Å². The van der Waals surface area contributed by atoms with E-state index in [2.05, 4.69) is 0 Å². The van der Waals surface area contributed by atoms with Gasteiger partial charge in [-0.15, -0.1) is 0 Å². The fourth-order valence-electron chi connectivity index (χ4n) is 12.8. The first-order valence-corrected chi connectivity index (χ1v) is 43.5. The maximum Gasteiger partial charge on any atom is 0.304 e. The van der Waals surface area contributed by atoms with E-state index in [1.807, 2.05) is 0 Å². The van der Waals surface area contributed by atoms with Gasteiger partial charge in [0.25, 0.3) is 0 Å². The largest absolute Gasteiger partial charge is 0.481 e. The number of aliphatic hydroxyl groups excluding tert-OH is 14. The Bertz CT molecular complexity index is 2440. The normalized spacial score (nSPS) is 41.5. The summed E-state index contributed by atoms with van der Waals surface area (Å²) in [6.07, 6.45) is -73.2. The van der Waals surface area contributed by atoms with Crippen LogP contribution in [0.15, 0.2) is 0 Å². The molecule has 0 saturated carbocycles. The molecular formula is C63H98O42S7. The van der Waals surface area contributed by atoms with E-state index in [1.165, 1.54) is 0 Å². The van der Waals surface area contributed by atoms with Crippen LogP contribution in [0.3, 0.4) is 0 Å². The van der Waals surface area contributed by atoms with Crippen LogP contribution in [0.25, 0.3) is 0 Å². The maximum atomic E-state index is 12.2. The molecule has 14 bridgehead atoms. The number of carboxylic acid groups (broad SMARTS) is 7. The third-order valence-corrected chi connectivity index (χ3v) is 26.1. The van der Waals surface area contributed by atoms with Gasteiger partial charge in [0.1, 0.15) is 128 Å². The van der Waals surface area contributed by atoms with Gasteiger partial charge in [-0.2, -0.15) is 82.3 Å². The topological polar surface area (TPSA) is 674 Å². The summed E-state index contributed by atoms with van der Waals surface area (Å²) in [5.74, 6) is -11.9. The van der Waals surface area contributed by atoms with Crippen LogP contribution < -0.4 is 0 Å². The Labute approximate surface area is 668 Å². The lowest BCUT2D eigenvalue weighted by atomic mass is 9.95. The highest BCUT2D eigenvalue weighted by molar-refractivity contribution is 8.00. The number of rotatable bonds is 35. The maximum absolute atomic E-state index is 12.2. The van der Waals surface area contributed by atoms with Crippen LogP contribution in [-0.2, 0) is 99.9 Å². The fraction of sp³-hybridized carbons (Fsp3) is 0.889. The molecule has 21 aliphatic rings. The van der Waals surface area contributed by atoms with E-state index >= 15 is 0 Å². The van der Waals surface area contributed by atoms with Crippen LogP contribution in [0, 0.1) is 0 Å². The van der Waals surface area contributed by atoms with Crippen LogP contribution in [0.4, 0.5) is 0 Å². The van der Waals surface area contributed by atoms with Crippen LogP contribution in [0.1, 0.15) is 44.9 Å². The molecule has 0 aromatic carbocycles. The van der Waals surface area contributed by atoms with E-state index in [-0.39, 0.29) is 80.5 Å². The zero-order chi connectivity index (χ0) is 81.9. The molecule has 0 amide bonds. The van der Waals surface area contributed by atoms with Gasteiger partial charge in [-0.25, -0.2) is 0 Å². The first kappa shape index (κ1) is 95.1. The van der Waals surface area contributed by atoms with Gasteiger partial charge in [-0.3, -0.25) is 33.6 Å². The van der Waals surface area contributed by atoms with Crippen LogP contribution >= 0.6 is 82.3 Å². The Balaban J connectivity index is 1.21. The van der Waals surface area contributed by atoms with E-state index in [9.17, 15) is 141 Å². The molecule has 644 valence electrons. The van der Waals surface area contributed by atoms with Gasteiger partial charge in [0, 0.05) is 80.5 Å². The molecule has 21 N–H and O–H groups in total. The highest BCUT2D eigenvalue weighted by atomic mass is 32.2. The molecule has 0 aromatic rings. The standard InChI is InChI=1S/C63H98O42S7/c64-29(65)1-8-106-15-22-50-36(78)43(85)57(92-22)100-51-23(16-107-9-2-30(66)67)94-59(45(87)38(51)80)102-53-25(18-109-11-4-32(70)71)96-61(47(89)40(53)82)104-55-27(20-111-13-6-34(74)75)98-63(49(91)42(55)84)105-56-28(21-112-14-7-35(76)77)97-62(48(90)41(56)83)103-54-26(19-110-12-5-33(72)73)95-60(46(88)39(54)81)101-52-24(17-108-10-3-31(68)69)93-58(99-50)44(86)37(52)79/h22-28,36-63,78-91H,1-21H2,(H,64,65)(H,66,67)(H,68,69)(H,70,71)(H,72,73)(H,74,75)(H,76,77)/t22-,23-,24-,25-,26-,27-,28-,36-,37-,38-,39-,40+,41+,42+,43-,44-,45-,46-,47-,48-,49-,50-,51-,52-,53-,54-,55-,56-,57-,58-,59-,60-,61-,62-,63-/m1/s1. The van der Waals surface area contributed by atoms with Crippen LogP contribution in [0.2, 0.25) is 0 Å². The third-order valence-electron chi connectivity index (χ3n) is 18.7. The van der Waals surface area contributed by atoms with Crippen molar-refractivity contribution in [2.75, 3.05) is 80.5 Å². The molecule has 21 heterocycles. The predicted octanol–water partition coefficient (Wildman–Crippen LogP) is -6.72. The van der Waals surface area contributed by atoms with E-state index in [0.717, 1.165) is 82.3 Å². The summed E-state index contributed by atoms with van der Waals surface area (Å²) in [7, 11) is 0. The smallest absolute Gasteiger partial charge is 0.304 e. The minimum absolute atomic E-state index is 0.126. The van der Waals surface area contributed by atoms with Gasteiger partial charge >= 0.3 is 41.8 Å². The molecule has 21 aliphatic heterocycles. The van der Waals surface area contributed by atoms with E-state index < -0.39 is 302 Å². The quantitative estimate of drug-likeness (QED) is 0.0262. The molecule has 21 rings (SSSR count). The molecule has 35 atom stereocenters. The number of carboxylic acids is 7. The molecule has 21 saturated heterocycles. The average molecular weight is 1750 g/mol. The highest BCUT2D eigenvalue weighted by Crippen LogP contribution is 2.42. The summed E-state index contributed by atoms with van der Waals surface area (Å²) < 4.78 is 87.3. The Hall–Kier alpha value is -2.38. The lowest BCUT2D eigenvalue weighted by Crippen LogP contribution is -2.68. The number of aliphatic carboxylic acids is 7. The van der Waals surface area contributed by atoms with Crippen molar-refractivity contribution in [3.05, 3.63) is 0 Å². The molecule has 49 heteroatoms. The second-order valence-electron chi connectivity index (χ2n) is 26.9. The van der Waals surface area contributed by atoms with Crippen molar-refractivity contribution in [2.45, 2.75) is 260 Å². The van der Waals surface area contributed by atoms with Crippen molar-refractivity contribution in [3.63, 3.8) is 0 Å². The monoisotopic (exact) mass is 1750 g/mol. The van der Waals surface area contributed by atoms with Gasteiger partial charge in [0.05, 0.1) is 87.7 Å². The number of thioether (sulfide) groups is 7. The molecule has 0 unspecified atom stereocenters. The molecule has 112 heavy (non-hydrogen) atoms. The van der Waals surface area contributed by atoms with Gasteiger partial charge in [-0.1, -0.05) is 0 Å². The molecule has 21 fully saturated rings. The summed E-state index contributed by atoms with van der Waals surface area (Å²) in [5, 5.41) is 236. The minimum atomic E-state index is -2.28. The highest BCUT2D eigenvalue weighted by Gasteiger charge is 2.60. The van der Waals surface area contributed by atoms with Gasteiger partial charge in [0.15, 0.2) is 44.0 Å². The number of ether oxygens (including phenoxy) is 14. The molecule has 0 aliphatic carbocycles. The second kappa shape index (κ2) is 45.9. The summed E-state index contributed by atoms with van der Waals surface area (Å²) in [6.45, 7) is 0. The average Bonchev–Trinajstić information content (AvgIpc) is 0.778. The zero-order valence-corrected chi connectivity index (χ0v) is 65.1. The van der Waals surface area contributed by atoms with Crippen LogP contribution in [-0.4, -0.2) is 445 Å². The Morgan fingerprint density at radius 2 is 0.286 bits per heavy atom. The lowest BCUT2D eigenvalue weighted by molar-refractivity contribution is -0.389. The SMILES string of the molecule is O=C(O)CCSC[C@H]1O[C@@H]2O[C@H]3[C@H](O)[C@@H](O)[C@@H](O[C@H]4[C@@H](O)[C@@H](O)[C@@H](O[C@H]5[C@@H](O)[C@@H](O)[C@@H](O[C@H]6[C@@H](O)[C@@H](O)[C@@H](O[C@H]7[C@H](O)[C@@H](O)[C@@H](O[C@H]8[C@H](O)[C@@H](O)[C@@H](O[C@H]1[C@H](O)[C@H]2O)O[C@@H]8CSCCC(=O)O)O[C@@H]7CSCCC(=O)O)O[C@@H]6CSCCC(=O)O)O[C@@H]5CSCCC(=O)O)O[C@@H]4CSCCC(=O)O)O[C@@H]3CSCCC(=O)O.